The van der Waals surface area contributed by atoms with Crippen LogP contribution in [-0.4, -0.2) is 25.6 Å². The third kappa shape index (κ3) is 5.65. The first-order valence-corrected chi connectivity index (χ1v) is 11.8. The number of nitrogens with zero attached hydrogens (tertiary/aromatic N) is 3. The highest BCUT2D eigenvalue weighted by molar-refractivity contribution is 7.89. The second kappa shape index (κ2) is 8.83. The Bertz CT molecular complexity index is 1260. The summed E-state index contributed by atoms with van der Waals surface area (Å²) < 4.78 is 38.7. The van der Waals surface area contributed by atoms with Crippen LogP contribution in [0.5, 0.6) is 0 Å². The van der Waals surface area contributed by atoms with Crippen LogP contribution in [0.3, 0.4) is 0 Å². The summed E-state index contributed by atoms with van der Waals surface area (Å²) in [6, 6.07) is 13.5. The molecule has 0 saturated carbocycles. The van der Waals surface area contributed by atoms with Gasteiger partial charge in [0.25, 0.3) is 5.91 Å². The second-order valence-corrected chi connectivity index (χ2v) is 9.92. The number of sulfonamides is 1. The maximum absolute atomic E-state index is 13.9. The fraction of sp³-hybridized carbons (Fsp3) is 0.190. The van der Waals surface area contributed by atoms with Crippen molar-refractivity contribution in [3.8, 4) is 6.07 Å². The summed E-state index contributed by atoms with van der Waals surface area (Å²) in [6.45, 7) is 3.71. The van der Waals surface area contributed by atoms with E-state index in [-0.39, 0.29) is 18.1 Å². The molecule has 1 heterocycles. The molecule has 1 aromatic heterocycles. The molecule has 1 N–H and O–H groups in total. The summed E-state index contributed by atoms with van der Waals surface area (Å²) in [7, 11) is -3.74. The highest BCUT2D eigenvalue weighted by atomic mass is 32.2. The predicted molar refractivity (Wildman–Crippen MR) is 117 cm³/mol. The van der Waals surface area contributed by atoms with Gasteiger partial charge in [-0.25, -0.2) is 22.5 Å². The molecule has 3 rings (SSSR count). The molecule has 0 aliphatic rings. The zero-order chi connectivity index (χ0) is 22.8. The monoisotopic (exact) mass is 458 g/mol. The van der Waals surface area contributed by atoms with E-state index in [4.69, 9.17) is 5.26 Å². The lowest BCUT2D eigenvalue weighted by atomic mass is 10.1. The number of aromatic nitrogens is 1. The van der Waals surface area contributed by atoms with Crippen LogP contribution in [0, 0.1) is 31.0 Å². The number of aryl methyl sites for hydroxylation is 2. The number of nitrogens with one attached hydrogen (secondary N) is 1. The molecule has 0 radical (unpaired) electrons. The molecule has 1 amide bonds. The summed E-state index contributed by atoms with van der Waals surface area (Å²) >= 11 is 1.21. The third-order valence-corrected chi connectivity index (χ3v) is 5.81. The van der Waals surface area contributed by atoms with Crippen LogP contribution < -0.4 is 9.62 Å². The SMILES string of the molecule is Cc1cc(F)cc(CN(c2ccc(C#N)cc2)c2nc(C(=O)NS(C)(=O)=O)c(C)s2)c1. The average molecular weight is 459 g/mol. The number of hydrogen-bond donors (Lipinski definition) is 1. The van der Waals surface area contributed by atoms with Gasteiger partial charge in [0.15, 0.2) is 5.13 Å². The molecular weight excluding hydrogens is 439 g/mol. The Morgan fingerprint density at radius 2 is 1.90 bits per heavy atom. The van der Waals surface area contributed by atoms with Gasteiger partial charge in [0.1, 0.15) is 11.5 Å². The van der Waals surface area contributed by atoms with Crippen molar-refractivity contribution in [1.29, 1.82) is 5.26 Å². The normalized spacial score (nSPS) is 11.1. The summed E-state index contributed by atoms with van der Waals surface area (Å²) in [4.78, 5) is 19.0. The van der Waals surface area contributed by atoms with Crippen LogP contribution in [0.2, 0.25) is 0 Å². The molecule has 10 heteroatoms. The molecule has 31 heavy (non-hydrogen) atoms. The maximum atomic E-state index is 13.9. The largest absolute Gasteiger partial charge is 0.313 e. The summed E-state index contributed by atoms with van der Waals surface area (Å²) in [6.07, 6.45) is 0.892. The first kappa shape index (κ1) is 22.4. The lowest BCUT2D eigenvalue weighted by Gasteiger charge is -2.22. The number of thiazole rings is 1. The number of hydrogen-bond acceptors (Lipinski definition) is 7. The molecule has 0 saturated heterocycles. The van der Waals surface area contributed by atoms with Crippen LogP contribution in [0.1, 0.15) is 32.1 Å². The lowest BCUT2D eigenvalue weighted by Crippen LogP contribution is -2.30. The van der Waals surface area contributed by atoms with E-state index < -0.39 is 15.9 Å². The van der Waals surface area contributed by atoms with E-state index >= 15 is 0 Å². The zero-order valence-electron chi connectivity index (χ0n) is 17.0. The van der Waals surface area contributed by atoms with Crippen molar-refractivity contribution >= 4 is 38.1 Å². The van der Waals surface area contributed by atoms with Gasteiger partial charge in [0.05, 0.1) is 24.4 Å². The smallest absolute Gasteiger partial charge is 0.284 e. The molecule has 2 aromatic carbocycles. The van der Waals surface area contributed by atoms with Gasteiger partial charge in [-0.15, -0.1) is 11.3 Å². The number of nitriles is 1. The Kier molecular flexibility index (Phi) is 6.38. The van der Waals surface area contributed by atoms with Crippen molar-refractivity contribution in [3.63, 3.8) is 0 Å². The molecule has 0 bridgehead atoms. The van der Waals surface area contributed by atoms with E-state index in [1.165, 1.54) is 23.5 Å². The number of carbonyl (C=O) groups excluding carboxylic acids is 1. The highest BCUT2D eigenvalue weighted by Crippen LogP contribution is 2.33. The molecule has 0 fully saturated rings. The molecule has 3 aromatic rings. The molecule has 160 valence electrons. The minimum absolute atomic E-state index is 0.000470. The van der Waals surface area contributed by atoms with Gasteiger partial charge in [0, 0.05) is 10.6 Å². The van der Waals surface area contributed by atoms with E-state index in [0.29, 0.717) is 26.8 Å². The molecule has 0 spiro atoms. The van der Waals surface area contributed by atoms with Gasteiger partial charge >= 0.3 is 0 Å². The van der Waals surface area contributed by atoms with Crippen LogP contribution in [0.15, 0.2) is 42.5 Å². The average Bonchev–Trinajstić information content (AvgIpc) is 3.06. The fourth-order valence-electron chi connectivity index (χ4n) is 3.00. The van der Waals surface area contributed by atoms with E-state index in [2.05, 4.69) is 11.1 Å². The van der Waals surface area contributed by atoms with Crippen LogP contribution in [-0.2, 0) is 16.6 Å². The number of amides is 1. The van der Waals surface area contributed by atoms with Crippen molar-refractivity contribution < 1.29 is 17.6 Å². The van der Waals surface area contributed by atoms with Crippen LogP contribution in [0.25, 0.3) is 0 Å². The molecule has 0 aliphatic carbocycles. The highest BCUT2D eigenvalue weighted by Gasteiger charge is 2.22. The predicted octanol–water partition coefficient (Wildman–Crippen LogP) is 3.80. The topological polar surface area (TPSA) is 103 Å². The third-order valence-electron chi connectivity index (χ3n) is 4.26. The Morgan fingerprint density at radius 1 is 1.23 bits per heavy atom. The van der Waals surface area contributed by atoms with E-state index in [1.807, 2.05) is 10.8 Å². The number of benzene rings is 2. The number of halogens is 1. The quantitative estimate of drug-likeness (QED) is 0.603. The molecule has 0 unspecified atom stereocenters. The van der Waals surface area contributed by atoms with Gasteiger partial charge in [-0.05, 0) is 61.4 Å². The molecule has 7 nitrogen and oxygen atoms in total. The minimum Gasteiger partial charge on any atom is -0.313 e. The van der Waals surface area contributed by atoms with Crippen LogP contribution in [0.4, 0.5) is 15.2 Å². The van der Waals surface area contributed by atoms with Crippen molar-refractivity contribution in [1.82, 2.24) is 9.71 Å². The lowest BCUT2D eigenvalue weighted by molar-refractivity contribution is 0.0977. The van der Waals surface area contributed by atoms with Gasteiger partial charge in [-0.3, -0.25) is 4.79 Å². The van der Waals surface area contributed by atoms with Crippen LogP contribution >= 0.6 is 11.3 Å². The summed E-state index contributed by atoms with van der Waals surface area (Å²) in [5.41, 5.74) is 2.62. The fourth-order valence-corrected chi connectivity index (χ4v) is 4.36. The van der Waals surface area contributed by atoms with Gasteiger partial charge in [-0.1, -0.05) is 6.07 Å². The first-order valence-electron chi connectivity index (χ1n) is 9.09. The van der Waals surface area contributed by atoms with E-state index in [1.54, 1.807) is 43.0 Å². The Labute approximate surface area is 183 Å². The standard InChI is InChI=1S/C21H19FN4O3S2/c1-13-8-16(10-17(22)9-13)12-26(18-6-4-15(11-23)5-7-18)21-24-19(14(2)30-21)20(27)25-31(3,28)29/h4-10H,12H2,1-3H3,(H,25,27). The number of carbonyl (C=O) groups is 1. The van der Waals surface area contributed by atoms with Crippen molar-refractivity contribution in [2.45, 2.75) is 20.4 Å². The van der Waals surface area contributed by atoms with Crippen molar-refractivity contribution in [3.05, 3.63) is 75.5 Å². The van der Waals surface area contributed by atoms with Crippen molar-refractivity contribution in [2.75, 3.05) is 11.2 Å². The first-order chi connectivity index (χ1) is 14.6. The number of anilines is 2. The van der Waals surface area contributed by atoms with Gasteiger partial charge in [-0.2, -0.15) is 5.26 Å². The van der Waals surface area contributed by atoms with E-state index in [9.17, 15) is 17.6 Å². The number of rotatable bonds is 6. The van der Waals surface area contributed by atoms with E-state index in [0.717, 1.165) is 11.8 Å². The summed E-state index contributed by atoms with van der Waals surface area (Å²) in [5.74, 6) is -1.18. The Hall–Kier alpha value is -3.29. The molecular formula is C21H19FN4O3S2. The minimum atomic E-state index is -3.74. The molecule has 0 aliphatic heterocycles. The maximum Gasteiger partial charge on any atom is 0.284 e. The summed E-state index contributed by atoms with van der Waals surface area (Å²) in [5, 5.41) is 9.50. The Balaban J connectivity index is 2.04. The second-order valence-electron chi connectivity index (χ2n) is 6.99. The Morgan fingerprint density at radius 3 is 2.48 bits per heavy atom. The van der Waals surface area contributed by atoms with Gasteiger partial charge in [0.2, 0.25) is 10.0 Å². The van der Waals surface area contributed by atoms with Gasteiger partial charge < -0.3 is 4.90 Å². The zero-order valence-corrected chi connectivity index (χ0v) is 18.6. The van der Waals surface area contributed by atoms with Crippen molar-refractivity contribution in [2.24, 2.45) is 0 Å². The molecule has 0 atom stereocenters.